The van der Waals surface area contributed by atoms with E-state index in [1.807, 2.05) is 41.3 Å². The number of anilines is 2. The lowest BCUT2D eigenvalue weighted by atomic mass is 9.84. The fourth-order valence-corrected chi connectivity index (χ4v) is 4.97. The molecule has 33 heavy (non-hydrogen) atoms. The first-order chi connectivity index (χ1) is 15.7. The van der Waals surface area contributed by atoms with Crippen LogP contribution in [0.1, 0.15) is 24.0 Å². The van der Waals surface area contributed by atoms with E-state index in [4.69, 9.17) is 0 Å². The van der Waals surface area contributed by atoms with E-state index in [9.17, 15) is 27.6 Å². The van der Waals surface area contributed by atoms with E-state index < -0.39 is 32.2 Å². The highest BCUT2D eigenvalue weighted by Crippen LogP contribution is 2.35. The molecule has 2 heterocycles. The van der Waals surface area contributed by atoms with Crippen LogP contribution in [0.15, 0.2) is 65.7 Å². The van der Waals surface area contributed by atoms with Crippen LogP contribution in [0.5, 0.6) is 0 Å². The lowest BCUT2D eigenvalue weighted by Gasteiger charge is -2.39. The second-order valence-corrected chi connectivity index (χ2v) is 9.42. The molecule has 3 aromatic rings. The summed E-state index contributed by atoms with van der Waals surface area (Å²) in [4.78, 5) is 5.38. The first kappa shape index (κ1) is 22.6. The number of rotatable bonds is 5. The van der Waals surface area contributed by atoms with Crippen molar-refractivity contribution in [3.8, 4) is 6.07 Å². The molecule has 0 amide bonds. The average Bonchev–Trinajstić information content (AvgIpc) is 2.80. The molecule has 0 aliphatic carbocycles. The molecule has 0 spiro atoms. The molecule has 1 saturated heterocycles. The summed E-state index contributed by atoms with van der Waals surface area (Å²) in [5, 5.41) is 20.6. The van der Waals surface area contributed by atoms with E-state index >= 15 is 0 Å². The number of nitrogens with one attached hydrogen (secondary N) is 1. The highest BCUT2D eigenvalue weighted by molar-refractivity contribution is 7.92. The Kier molecular flexibility index (Phi) is 6.01. The molecule has 0 atom stereocenters. The number of hydrogen-bond acceptors (Lipinski definition) is 6. The van der Waals surface area contributed by atoms with Crippen LogP contribution in [-0.2, 0) is 15.6 Å². The van der Waals surface area contributed by atoms with Gasteiger partial charge in [0.2, 0.25) is 0 Å². The van der Waals surface area contributed by atoms with Gasteiger partial charge in [-0.05, 0) is 36.6 Å². The molecule has 1 aromatic heterocycles. The van der Waals surface area contributed by atoms with Gasteiger partial charge < -0.3 is 10.0 Å². The summed E-state index contributed by atoms with van der Waals surface area (Å²) in [6, 6.07) is 14.8. The highest BCUT2D eigenvalue weighted by Gasteiger charge is 2.35. The van der Waals surface area contributed by atoms with Crippen molar-refractivity contribution in [1.82, 2.24) is 4.98 Å². The zero-order valence-corrected chi connectivity index (χ0v) is 18.2. The van der Waals surface area contributed by atoms with Crippen LogP contribution in [0.3, 0.4) is 0 Å². The van der Waals surface area contributed by atoms with Crippen LogP contribution in [0.25, 0.3) is 0 Å². The van der Waals surface area contributed by atoms with Crippen LogP contribution in [-0.4, -0.2) is 31.6 Å². The Morgan fingerprint density at radius 1 is 1.09 bits per heavy atom. The fraction of sp³-hybridized carbons (Fsp3) is 0.217. The van der Waals surface area contributed by atoms with E-state index in [2.05, 4.69) is 9.71 Å². The lowest BCUT2D eigenvalue weighted by molar-refractivity contribution is 0.0116. The molecule has 7 nitrogen and oxygen atoms in total. The monoisotopic (exact) mass is 470 g/mol. The quantitative estimate of drug-likeness (QED) is 0.591. The van der Waals surface area contributed by atoms with Crippen molar-refractivity contribution in [2.45, 2.75) is 23.3 Å². The molecule has 1 aliphatic heterocycles. The molecule has 170 valence electrons. The SMILES string of the molecule is N#Cc1cc(NS(=O)(=O)c2ccc(F)cc2F)cnc1N1CCC(O)(c2ccccc2)CC1. The summed E-state index contributed by atoms with van der Waals surface area (Å²) in [6.07, 6.45) is 2.09. The van der Waals surface area contributed by atoms with Crippen molar-refractivity contribution in [2.75, 3.05) is 22.7 Å². The third-order valence-electron chi connectivity index (χ3n) is 5.62. The maximum Gasteiger partial charge on any atom is 0.264 e. The summed E-state index contributed by atoms with van der Waals surface area (Å²) in [5.74, 6) is -1.76. The van der Waals surface area contributed by atoms with Gasteiger partial charge in [0.05, 0.1) is 23.0 Å². The molecule has 4 rings (SSSR count). The average molecular weight is 471 g/mol. The minimum Gasteiger partial charge on any atom is -0.385 e. The molecular weight excluding hydrogens is 450 g/mol. The maximum atomic E-state index is 13.9. The van der Waals surface area contributed by atoms with E-state index in [-0.39, 0.29) is 11.3 Å². The Hall–Kier alpha value is -3.55. The second-order valence-electron chi connectivity index (χ2n) is 7.77. The Morgan fingerprint density at radius 3 is 2.42 bits per heavy atom. The first-order valence-corrected chi connectivity index (χ1v) is 11.6. The number of halogens is 2. The van der Waals surface area contributed by atoms with E-state index in [1.165, 1.54) is 12.3 Å². The summed E-state index contributed by atoms with van der Waals surface area (Å²) in [5.41, 5.74) is -0.0491. The molecule has 0 radical (unpaired) electrons. The van der Waals surface area contributed by atoms with Crippen LogP contribution in [0, 0.1) is 23.0 Å². The number of piperidine rings is 1. The number of nitriles is 1. The minimum absolute atomic E-state index is 0.0307. The number of hydrogen-bond donors (Lipinski definition) is 2. The lowest BCUT2D eigenvalue weighted by Crippen LogP contribution is -2.43. The number of aliphatic hydroxyl groups is 1. The minimum atomic E-state index is -4.36. The third-order valence-corrected chi connectivity index (χ3v) is 7.04. The van der Waals surface area contributed by atoms with Gasteiger partial charge in [-0.3, -0.25) is 4.72 Å². The standard InChI is InChI=1S/C23H20F2N4O3S/c24-18-6-7-21(20(25)13-18)33(31,32)28-19-12-16(14-26)22(27-15-19)29-10-8-23(30,9-11-29)17-4-2-1-3-5-17/h1-7,12-13,15,28,30H,8-11H2. The number of aromatic nitrogens is 1. The van der Waals surface area contributed by atoms with Crippen molar-refractivity contribution < 1.29 is 22.3 Å². The predicted molar refractivity (Wildman–Crippen MR) is 118 cm³/mol. The maximum absolute atomic E-state index is 13.9. The van der Waals surface area contributed by atoms with Gasteiger partial charge in [-0.25, -0.2) is 22.2 Å². The zero-order chi connectivity index (χ0) is 23.6. The number of nitrogens with zero attached hydrogens (tertiary/aromatic N) is 3. The molecule has 0 bridgehead atoms. The van der Waals surface area contributed by atoms with Gasteiger partial charge in [0, 0.05) is 19.2 Å². The number of pyridine rings is 1. The first-order valence-electron chi connectivity index (χ1n) is 10.1. The fourth-order valence-electron chi connectivity index (χ4n) is 3.88. The van der Waals surface area contributed by atoms with Gasteiger partial charge in [0.25, 0.3) is 10.0 Å². The third kappa shape index (κ3) is 4.65. The van der Waals surface area contributed by atoms with Crippen molar-refractivity contribution in [2.24, 2.45) is 0 Å². The zero-order valence-electron chi connectivity index (χ0n) is 17.4. The van der Waals surface area contributed by atoms with Gasteiger partial charge in [0.1, 0.15) is 28.4 Å². The molecule has 2 N–H and O–H groups in total. The summed E-state index contributed by atoms with van der Waals surface area (Å²) < 4.78 is 54.2. The molecule has 2 aromatic carbocycles. The van der Waals surface area contributed by atoms with Crippen molar-refractivity contribution >= 4 is 21.5 Å². The Bertz CT molecular complexity index is 1320. The Labute approximate surface area is 190 Å². The van der Waals surface area contributed by atoms with Crippen molar-refractivity contribution in [3.05, 3.63) is 83.6 Å². The summed E-state index contributed by atoms with van der Waals surface area (Å²) >= 11 is 0. The van der Waals surface area contributed by atoms with Crippen LogP contribution in [0.2, 0.25) is 0 Å². The van der Waals surface area contributed by atoms with Gasteiger partial charge >= 0.3 is 0 Å². The van der Waals surface area contributed by atoms with Crippen molar-refractivity contribution in [3.63, 3.8) is 0 Å². The summed E-state index contributed by atoms with van der Waals surface area (Å²) in [7, 11) is -4.36. The van der Waals surface area contributed by atoms with Crippen LogP contribution >= 0.6 is 0 Å². The summed E-state index contributed by atoms with van der Waals surface area (Å²) in [6.45, 7) is 0.887. The Balaban J connectivity index is 1.53. The van der Waals surface area contributed by atoms with Crippen LogP contribution < -0.4 is 9.62 Å². The molecule has 1 aliphatic rings. The topological polar surface area (TPSA) is 106 Å². The molecular formula is C23H20F2N4O3S. The van der Waals surface area contributed by atoms with Crippen LogP contribution in [0.4, 0.5) is 20.3 Å². The van der Waals surface area contributed by atoms with Gasteiger partial charge in [-0.1, -0.05) is 30.3 Å². The second kappa shape index (κ2) is 8.77. The largest absolute Gasteiger partial charge is 0.385 e. The Morgan fingerprint density at radius 2 is 1.79 bits per heavy atom. The van der Waals surface area contributed by atoms with Gasteiger partial charge in [-0.15, -0.1) is 0 Å². The number of sulfonamides is 1. The van der Waals surface area contributed by atoms with E-state index in [0.29, 0.717) is 37.8 Å². The molecule has 10 heteroatoms. The molecule has 0 unspecified atom stereocenters. The molecule has 1 fully saturated rings. The van der Waals surface area contributed by atoms with E-state index in [0.717, 1.165) is 17.7 Å². The predicted octanol–water partition coefficient (Wildman–Crippen LogP) is 3.52. The van der Waals surface area contributed by atoms with Crippen molar-refractivity contribution in [1.29, 1.82) is 5.26 Å². The normalized spacial score (nSPS) is 15.6. The van der Waals surface area contributed by atoms with Gasteiger partial charge in [-0.2, -0.15) is 5.26 Å². The smallest absolute Gasteiger partial charge is 0.264 e. The molecule has 0 saturated carbocycles. The van der Waals surface area contributed by atoms with Gasteiger partial charge in [0.15, 0.2) is 0 Å². The highest BCUT2D eigenvalue weighted by atomic mass is 32.2. The van der Waals surface area contributed by atoms with E-state index in [1.54, 1.807) is 0 Å². The number of benzene rings is 2.